The van der Waals surface area contributed by atoms with Gasteiger partial charge in [-0.2, -0.15) is 0 Å². The number of fused-ring (bicyclic) bond motifs is 1. The van der Waals surface area contributed by atoms with Crippen LogP contribution in [0.25, 0.3) is 0 Å². The lowest BCUT2D eigenvalue weighted by Crippen LogP contribution is -2.02. The van der Waals surface area contributed by atoms with Gasteiger partial charge in [-0.05, 0) is 49.9 Å². The zero-order valence-electron chi connectivity index (χ0n) is 8.13. The lowest BCUT2D eigenvalue weighted by molar-refractivity contribution is 0.418. The molecule has 3 atom stereocenters. The fourth-order valence-electron chi connectivity index (χ4n) is 2.95. The van der Waals surface area contributed by atoms with Crippen molar-refractivity contribution in [1.82, 2.24) is 0 Å². The van der Waals surface area contributed by atoms with Crippen LogP contribution in [-0.4, -0.2) is 0 Å². The van der Waals surface area contributed by atoms with E-state index >= 15 is 0 Å². The maximum Gasteiger partial charge on any atom is -0.0202 e. The first kappa shape index (κ1) is 8.34. The average Bonchev–Trinajstić information content (AvgIpc) is 2.37. The van der Waals surface area contributed by atoms with Crippen LogP contribution in [-0.2, 0) is 0 Å². The maximum atomic E-state index is 2.51. The fourth-order valence-corrected chi connectivity index (χ4v) is 2.95. The van der Waals surface area contributed by atoms with Gasteiger partial charge in [0.15, 0.2) is 0 Å². The molecule has 2 aliphatic carbocycles. The van der Waals surface area contributed by atoms with Crippen LogP contribution in [0, 0.1) is 17.8 Å². The van der Waals surface area contributed by atoms with Gasteiger partial charge in [0.1, 0.15) is 0 Å². The summed E-state index contributed by atoms with van der Waals surface area (Å²) < 4.78 is 0. The molecule has 0 aromatic rings. The quantitative estimate of drug-likeness (QED) is 0.517. The first-order valence-electron chi connectivity index (χ1n) is 5.56. The van der Waals surface area contributed by atoms with Gasteiger partial charge in [0.25, 0.3) is 0 Å². The molecule has 3 unspecified atom stereocenters. The van der Waals surface area contributed by atoms with Gasteiger partial charge in [0.2, 0.25) is 0 Å². The van der Waals surface area contributed by atoms with E-state index in [0.717, 1.165) is 17.8 Å². The summed E-state index contributed by atoms with van der Waals surface area (Å²) in [5, 5.41) is 0. The van der Waals surface area contributed by atoms with Gasteiger partial charge < -0.3 is 0 Å². The van der Waals surface area contributed by atoms with Crippen molar-refractivity contribution >= 4 is 0 Å². The highest BCUT2D eigenvalue weighted by Gasteiger charge is 2.31. The molecule has 2 rings (SSSR count). The van der Waals surface area contributed by atoms with E-state index in [1.165, 1.54) is 38.5 Å². The SMILES string of the molecule is CCC1CC2C=CCCCC2C1. The van der Waals surface area contributed by atoms with Gasteiger partial charge in [-0.25, -0.2) is 0 Å². The monoisotopic (exact) mass is 164 g/mol. The van der Waals surface area contributed by atoms with E-state index in [1.54, 1.807) is 0 Å². The summed E-state index contributed by atoms with van der Waals surface area (Å²) in [5.41, 5.74) is 0. The van der Waals surface area contributed by atoms with Crippen molar-refractivity contribution in [2.75, 3.05) is 0 Å². The fraction of sp³-hybridized carbons (Fsp3) is 0.833. The van der Waals surface area contributed by atoms with Gasteiger partial charge >= 0.3 is 0 Å². The predicted molar refractivity (Wildman–Crippen MR) is 53.0 cm³/mol. The van der Waals surface area contributed by atoms with Gasteiger partial charge in [-0.1, -0.05) is 25.5 Å². The largest absolute Gasteiger partial charge is 0.0882 e. The molecule has 0 heterocycles. The standard InChI is InChI=1S/C12H20/c1-2-10-8-11-6-4-3-5-7-12(11)9-10/h4,6,10-12H,2-3,5,7-9H2,1H3. The number of allylic oxidation sites excluding steroid dienone is 2. The Labute approximate surface area is 76.1 Å². The van der Waals surface area contributed by atoms with Crippen molar-refractivity contribution in [2.45, 2.75) is 45.4 Å². The molecule has 0 nitrogen and oxygen atoms in total. The van der Waals surface area contributed by atoms with Crippen molar-refractivity contribution in [3.63, 3.8) is 0 Å². The Morgan fingerprint density at radius 3 is 3.08 bits per heavy atom. The molecule has 1 saturated carbocycles. The van der Waals surface area contributed by atoms with E-state index < -0.39 is 0 Å². The van der Waals surface area contributed by atoms with Crippen LogP contribution in [0.3, 0.4) is 0 Å². The second kappa shape index (κ2) is 3.64. The highest BCUT2D eigenvalue weighted by atomic mass is 14.4. The number of hydrogen-bond donors (Lipinski definition) is 0. The molecular weight excluding hydrogens is 144 g/mol. The van der Waals surface area contributed by atoms with E-state index in [1.807, 2.05) is 0 Å². The Kier molecular flexibility index (Phi) is 2.53. The third-order valence-electron chi connectivity index (χ3n) is 3.75. The smallest absolute Gasteiger partial charge is 0.0202 e. The number of rotatable bonds is 1. The highest BCUT2D eigenvalue weighted by molar-refractivity contribution is 4.99. The topological polar surface area (TPSA) is 0 Å². The van der Waals surface area contributed by atoms with E-state index in [-0.39, 0.29) is 0 Å². The molecule has 12 heavy (non-hydrogen) atoms. The third kappa shape index (κ3) is 1.57. The lowest BCUT2D eigenvalue weighted by Gasteiger charge is -2.12. The maximum absolute atomic E-state index is 2.51. The molecule has 0 heteroatoms. The Hall–Kier alpha value is -0.260. The van der Waals surface area contributed by atoms with Crippen LogP contribution in [0.5, 0.6) is 0 Å². The van der Waals surface area contributed by atoms with Crippen LogP contribution in [0.2, 0.25) is 0 Å². The number of hydrogen-bond acceptors (Lipinski definition) is 0. The van der Waals surface area contributed by atoms with Crippen LogP contribution in [0.4, 0.5) is 0 Å². The van der Waals surface area contributed by atoms with E-state index in [4.69, 9.17) is 0 Å². The minimum absolute atomic E-state index is 0.956. The molecule has 0 aromatic carbocycles. The lowest BCUT2D eigenvalue weighted by atomic mass is 9.93. The Balaban J connectivity index is 2.00. The summed E-state index contributed by atoms with van der Waals surface area (Å²) in [5.74, 6) is 3.05. The molecular formula is C12H20. The van der Waals surface area contributed by atoms with Crippen LogP contribution >= 0.6 is 0 Å². The third-order valence-corrected chi connectivity index (χ3v) is 3.75. The minimum Gasteiger partial charge on any atom is -0.0882 e. The molecule has 0 aliphatic heterocycles. The summed E-state index contributed by atoms with van der Waals surface area (Å²) in [6.45, 7) is 2.35. The van der Waals surface area contributed by atoms with Gasteiger partial charge in [0.05, 0.1) is 0 Å². The predicted octanol–water partition coefficient (Wildman–Crippen LogP) is 3.78. The van der Waals surface area contributed by atoms with Gasteiger partial charge in [0, 0.05) is 0 Å². The second-order valence-electron chi connectivity index (χ2n) is 4.53. The Bertz CT molecular complexity index is 169. The molecule has 0 saturated heterocycles. The second-order valence-corrected chi connectivity index (χ2v) is 4.53. The van der Waals surface area contributed by atoms with E-state index in [9.17, 15) is 0 Å². The first-order valence-corrected chi connectivity index (χ1v) is 5.56. The summed E-state index contributed by atoms with van der Waals surface area (Å²) >= 11 is 0. The summed E-state index contributed by atoms with van der Waals surface area (Å²) in [7, 11) is 0. The van der Waals surface area contributed by atoms with E-state index in [0.29, 0.717) is 0 Å². The summed E-state index contributed by atoms with van der Waals surface area (Å²) in [6.07, 6.45) is 13.6. The van der Waals surface area contributed by atoms with Gasteiger partial charge in [-0.15, -0.1) is 0 Å². The summed E-state index contributed by atoms with van der Waals surface area (Å²) in [6, 6.07) is 0. The van der Waals surface area contributed by atoms with E-state index in [2.05, 4.69) is 19.1 Å². The molecule has 0 amide bonds. The van der Waals surface area contributed by atoms with Crippen LogP contribution in [0.1, 0.15) is 45.4 Å². The minimum atomic E-state index is 0.956. The van der Waals surface area contributed by atoms with Gasteiger partial charge in [-0.3, -0.25) is 0 Å². The van der Waals surface area contributed by atoms with Crippen molar-refractivity contribution < 1.29 is 0 Å². The molecule has 1 fully saturated rings. The normalized spacial score (nSPS) is 40.9. The Morgan fingerprint density at radius 1 is 1.33 bits per heavy atom. The molecule has 2 aliphatic rings. The molecule has 0 radical (unpaired) electrons. The van der Waals surface area contributed by atoms with Crippen LogP contribution in [0.15, 0.2) is 12.2 Å². The zero-order chi connectivity index (χ0) is 8.39. The molecule has 0 spiro atoms. The Morgan fingerprint density at radius 2 is 2.25 bits per heavy atom. The molecule has 68 valence electrons. The van der Waals surface area contributed by atoms with Crippen LogP contribution < -0.4 is 0 Å². The average molecular weight is 164 g/mol. The summed E-state index contributed by atoms with van der Waals surface area (Å²) in [4.78, 5) is 0. The zero-order valence-corrected chi connectivity index (χ0v) is 8.13. The first-order chi connectivity index (χ1) is 5.90. The van der Waals surface area contributed by atoms with Crippen molar-refractivity contribution in [1.29, 1.82) is 0 Å². The molecule has 0 N–H and O–H groups in total. The van der Waals surface area contributed by atoms with Crippen molar-refractivity contribution in [2.24, 2.45) is 17.8 Å². The van der Waals surface area contributed by atoms with Crippen molar-refractivity contribution in [3.8, 4) is 0 Å². The highest BCUT2D eigenvalue weighted by Crippen LogP contribution is 2.42. The molecule has 0 aromatic heterocycles. The molecule has 0 bridgehead atoms. The van der Waals surface area contributed by atoms with Crippen molar-refractivity contribution in [3.05, 3.63) is 12.2 Å².